The maximum Gasteiger partial charge on any atom is 0.303 e. The lowest BCUT2D eigenvalue weighted by molar-refractivity contribution is -0.138. The van der Waals surface area contributed by atoms with Crippen molar-refractivity contribution in [2.45, 2.75) is 18.8 Å². The van der Waals surface area contributed by atoms with E-state index in [1.54, 1.807) is 0 Å². The molecule has 0 aromatic heterocycles. The van der Waals surface area contributed by atoms with Crippen molar-refractivity contribution in [1.29, 1.82) is 0 Å². The van der Waals surface area contributed by atoms with Crippen molar-refractivity contribution in [3.05, 3.63) is 35.9 Å². The number of carboxylic acid groups (broad SMARTS) is 1. The lowest BCUT2D eigenvalue weighted by atomic mass is 9.80. The van der Waals surface area contributed by atoms with Crippen molar-refractivity contribution in [2.75, 3.05) is 13.1 Å². The van der Waals surface area contributed by atoms with Crippen LogP contribution >= 0.6 is 0 Å². The molecule has 1 aromatic carbocycles. The normalized spacial score (nSPS) is 25.2. The van der Waals surface area contributed by atoms with Crippen molar-refractivity contribution < 1.29 is 9.90 Å². The standard InChI is InChI=1S/C13H17NO2/c15-13(16)8-11-6-7-14-9-12(11)10-4-2-1-3-5-10/h1-5,11-12,14H,6-9H2,(H,15,16). The van der Waals surface area contributed by atoms with Gasteiger partial charge in [0.1, 0.15) is 0 Å². The van der Waals surface area contributed by atoms with Gasteiger partial charge in [0.05, 0.1) is 0 Å². The van der Waals surface area contributed by atoms with E-state index in [2.05, 4.69) is 17.4 Å². The number of hydrogen-bond donors (Lipinski definition) is 2. The maximum absolute atomic E-state index is 10.8. The van der Waals surface area contributed by atoms with Crippen LogP contribution in [0.15, 0.2) is 30.3 Å². The Labute approximate surface area is 95.5 Å². The topological polar surface area (TPSA) is 49.3 Å². The number of carboxylic acids is 1. The van der Waals surface area contributed by atoms with E-state index in [0.29, 0.717) is 5.92 Å². The Morgan fingerprint density at radius 2 is 2.12 bits per heavy atom. The van der Waals surface area contributed by atoms with Crippen LogP contribution in [-0.4, -0.2) is 24.2 Å². The fourth-order valence-electron chi connectivity index (χ4n) is 2.47. The molecule has 0 saturated carbocycles. The van der Waals surface area contributed by atoms with E-state index >= 15 is 0 Å². The number of aliphatic carboxylic acids is 1. The first-order valence-electron chi connectivity index (χ1n) is 5.75. The van der Waals surface area contributed by atoms with Gasteiger partial charge in [-0.3, -0.25) is 4.79 Å². The Balaban J connectivity index is 2.13. The number of piperidine rings is 1. The predicted molar refractivity (Wildman–Crippen MR) is 62.4 cm³/mol. The molecule has 0 bridgehead atoms. The molecule has 1 saturated heterocycles. The van der Waals surface area contributed by atoms with Crippen LogP contribution < -0.4 is 5.32 Å². The summed E-state index contributed by atoms with van der Waals surface area (Å²) in [6.07, 6.45) is 1.23. The highest BCUT2D eigenvalue weighted by molar-refractivity contribution is 5.67. The summed E-state index contributed by atoms with van der Waals surface area (Å²) in [6, 6.07) is 10.2. The minimum absolute atomic E-state index is 0.265. The van der Waals surface area contributed by atoms with Crippen molar-refractivity contribution in [1.82, 2.24) is 5.32 Å². The zero-order chi connectivity index (χ0) is 11.4. The zero-order valence-corrected chi connectivity index (χ0v) is 9.23. The Hall–Kier alpha value is -1.35. The highest BCUT2D eigenvalue weighted by atomic mass is 16.4. The summed E-state index contributed by atoms with van der Waals surface area (Å²) in [6.45, 7) is 1.82. The van der Waals surface area contributed by atoms with Gasteiger partial charge in [0.25, 0.3) is 0 Å². The van der Waals surface area contributed by atoms with Crippen molar-refractivity contribution in [2.24, 2.45) is 5.92 Å². The predicted octanol–water partition coefficient (Wildman–Crippen LogP) is 1.85. The van der Waals surface area contributed by atoms with Gasteiger partial charge in [0, 0.05) is 13.0 Å². The SMILES string of the molecule is O=C(O)CC1CCNCC1c1ccccc1. The molecular formula is C13H17NO2. The molecule has 3 heteroatoms. The van der Waals surface area contributed by atoms with Gasteiger partial charge in [-0.1, -0.05) is 30.3 Å². The van der Waals surface area contributed by atoms with Gasteiger partial charge in [-0.05, 0) is 30.4 Å². The van der Waals surface area contributed by atoms with Crippen LogP contribution in [0, 0.1) is 5.92 Å². The van der Waals surface area contributed by atoms with Crippen molar-refractivity contribution in [3.63, 3.8) is 0 Å². The highest BCUT2D eigenvalue weighted by Gasteiger charge is 2.27. The fourth-order valence-corrected chi connectivity index (χ4v) is 2.47. The number of nitrogens with one attached hydrogen (secondary N) is 1. The zero-order valence-electron chi connectivity index (χ0n) is 9.23. The van der Waals surface area contributed by atoms with Crippen molar-refractivity contribution in [3.8, 4) is 0 Å². The van der Waals surface area contributed by atoms with E-state index in [1.807, 2.05) is 18.2 Å². The molecular weight excluding hydrogens is 202 g/mol. The second kappa shape index (κ2) is 5.12. The van der Waals surface area contributed by atoms with Gasteiger partial charge in [-0.2, -0.15) is 0 Å². The molecule has 1 heterocycles. The summed E-state index contributed by atoms with van der Waals surface area (Å²) >= 11 is 0. The molecule has 1 aromatic rings. The molecule has 0 amide bonds. The Bertz CT molecular complexity index is 350. The van der Waals surface area contributed by atoms with E-state index in [4.69, 9.17) is 5.11 Å². The highest BCUT2D eigenvalue weighted by Crippen LogP contribution is 2.31. The lowest BCUT2D eigenvalue weighted by Crippen LogP contribution is -2.36. The molecule has 2 unspecified atom stereocenters. The average Bonchev–Trinajstić information content (AvgIpc) is 2.30. The summed E-state index contributed by atoms with van der Waals surface area (Å²) in [5.74, 6) is -0.0833. The van der Waals surface area contributed by atoms with Crippen LogP contribution in [0.2, 0.25) is 0 Å². The second-order valence-corrected chi connectivity index (χ2v) is 4.37. The van der Waals surface area contributed by atoms with E-state index in [0.717, 1.165) is 19.5 Å². The minimum Gasteiger partial charge on any atom is -0.481 e. The Morgan fingerprint density at radius 3 is 2.81 bits per heavy atom. The molecule has 2 rings (SSSR count). The minimum atomic E-state index is -0.687. The molecule has 1 aliphatic heterocycles. The van der Waals surface area contributed by atoms with Gasteiger partial charge in [0.15, 0.2) is 0 Å². The molecule has 16 heavy (non-hydrogen) atoms. The molecule has 1 fully saturated rings. The first-order chi connectivity index (χ1) is 7.77. The first kappa shape index (κ1) is 11.1. The summed E-state index contributed by atoms with van der Waals surface area (Å²) in [4.78, 5) is 10.8. The summed E-state index contributed by atoms with van der Waals surface area (Å²) in [5, 5.41) is 12.3. The summed E-state index contributed by atoms with van der Waals surface area (Å²) < 4.78 is 0. The van der Waals surface area contributed by atoms with E-state index < -0.39 is 5.97 Å². The van der Waals surface area contributed by atoms with Crippen molar-refractivity contribution >= 4 is 5.97 Å². The summed E-state index contributed by atoms with van der Waals surface area (Å²) in [7, 11) is 0. The number of rotatable bonds is 3. The largest absolute Gasteiger partial charge is 0.481 e. The average molecular weight is 219 g/mol. The third kappa shape index (κ3) is 2.61. The molecule has 0 aliphatic carbocycles. The third-order valence-electron chi connectivity index (χ3n) is 3.29. The Kier molecular flexibility index (Phi) is 3.57. The van der Waals surface area contributed by atoms with Gasteiger partial charge in [-0.15, -0.1) is 0 Å². The molecule has 2 N–H and O–H groups in total. The molecule has 0 radical (unpaired) electrons. The number of hydrogen-bond acceptors (Lipinski definition) is 2. The fraction of sp³-hybridized carbons (Fsp3) is 0.462. The second-order valence-electron chi connectivity index (χ2n) is 4.37. The first-order valence-corrected chi connectivity index (χ1v) is 5.75. The van der Waals surface area contributed by atoms with Crippen LogP contribution in [0.5, 0.6) is 0 Å². The summed E-state index contributed by atoms with van der Waals surface area (Å²) in [5.41, 5.74) is 1.25. The van der Waals surface area contributed by atoms with Crippen LogP contribution in [0.4, 0.5) is 0 Å². The van der Waals surface area contributed by atoms with Gasteiger partial charge >= 0.3 is 5.97 Å². The van der Waals surface area contributed by atoms with E-state index in [-0.39, 0.29) is 12.3 Å². The van der Waals surface area contributed by atoms with E-state index in [1.165, 1.54) is 5.56 Å². The maximum atomic E-state index is 10.8. The molecule has 1 aliphatic rings. The Morgan fingerprint density at radius 1 is 1.38 bits per heavy atom. The monoisotopic (exact) mass is 219 g/mol. The number of carbonyl (C=O) groups is 1. The molecule has 3 nitrogen and oxygen atoms in total. The van der Waals surface area contributed by atoms with Gasteiger partial charge in [-0.25, -0.2) is 0 Å². The van der Waals surface area contributed by atoms with Crippen LogP contribution in [0.25, 0.3) is 0 Å². The number of benzene rings is 1. The quantitative estimate of drug-likeness (QED) is 0.815. The molecule has 86 valence electrons. The van der Waals surface area contributed by atoms with E-state index in [9.17, 15) is 4.79 Å². The molecule has 2 atom stereocenters. The van der Waals surface area contributed by atoms with Gasteiger partial charge < -0.3 is 10.4 Å². The third-order valence-corrected chi connectivity index (χ3v) is 3.29. The smallest absolute Gasteiger partial charge is 0.303 e. The molecule has 0 spiro atoms. The van der Waals surface area contributed by atoms with Crippen LogP contribution in [0.3, 0.4) is 0 Å². The van der Waals surface area contributed by atoms with Crippen LogP contribution in [0.1, 0.15) is 24.3 Å². The van der Waals surface area contributed by atoms with Gasteiger partial charge in [0.2, 0.25) is 0 Å². The lowest BCUT2D eigenvalue weighted by Gasteiger charge is -2.31. The van der Waals surface area contributed by atoms with Crippen LogP contribution in [-0.2, 0) is 4.79 Å².